The average Bonchev–Trinajstić information content (AvgIpc) is 3.13. The molecule has 6 nitrogen and oxygen atoms in total. The number of carbonyl (C=O) groups excluding carboxylic acids is 1. The number of anilines is 1. The van der Waals surface area contributed by atoms with Crippen LogP contribution in [-0.2, 0) is 4.74 Å². The molecule has 0 unspecified atom stereocenters. The lowest BCUT2D eigenvalue weighted by Crippen LogP contribution is -2.08. The van der Waals surface area contributed by atoms with Crippen LogP contribution in [0.25, 0.3) is 0 Å². The van der Waals surface area contributed by atoms with E-state index in [2.05, 4.69) is 0 Å². The van der Waals surface area contributed by atoms with Crippen LogP contribution in [-0.4, -0.2) is 17.5 Å². The van der Waals surface area contributed by atoms with E-state index in [1.165, 1.54) is 6.07 Å². The number of nitrogen functional groups attached to an aromatic ring is 1. The maximum atomic E-state index is 11.6. The number of rotatable bonds is 4. The van der Waals surface area contributed by atoms with E-state index in [4.69, 9.17) is 10.5 Å². The van der Waals surface area contributed by atoms with Crippen LogP contribution in [0.2, 0.25) is 0 Å². The smallest absolute Gasteiger partial charge is 0.338 e. The molecule has 0 heterocycles. The normalized spacial score (nSPS) is 14.3. The predicted molar refractivity (Wildman–Crippen MR) is 65.4 cm³/mol. The molecule has 0 aliphatic heterocycles. The number of hydrogen-bond acceptors (Lipinski definition) is 5. The maximum Gasteiger partial charge on any atom is 0.338 e. The number of nitrogens with two attached hydrogens (primary N) is 1. The van der Waals surface area contributed by atoms with E-state index in [1.54, 1.807) is 13.0 Å². The molecule has 0 saturated heterocycles. The van der Waals surface area contributed by atoms with Gasteiger partial charge in [0.15, 0.2) is 0 Å². The highest BCUT2D eigenvalue weighted by molar-refractivity contribution is 5.92. The lowest BCUT2D eigenvalue weighted by atomic mass is 10.0. The summed E-state index contributed by atoms with van der Waals surface area (Å²) in [5.41, 5.74) is 6.60. The van der Waals surface area contributed by atoms with Gasteiger partial charge in [-0.3, -0.25) is 10.1 Å². The molecule has 2 N–H and O–H groups in total. The molecule has 1 fully saturated rings. The van der Waals surface area contributed by atoms with Gasteiger partial charge in [0, 0.05) is 6.07 Å². The Bertz CT molecular complexity index is 509. The first kappa shape index (κ1) is 12.3. The highest BCUT2D eigenvalue weighted by atomic mass is 16.6. The summed E-state index contributed by atoms with van der Waals surface area (Å²) >= 11 is 0. The third-order valence-corrected chi connectivity index (χ3v) is 2.92. The first-order valence-electron chi connectivity index (χ1n) is 5.79. The van der Waals surface area contributed by atoms with Crippen LogP contribution in [0.5, 0.6) is 0 Å². The maximum absolute atomic E-state index is 11.6. The van der Waals surface area contributed by atoms with Gasteiger partial charge < -0.3 is 10.5 Å². The van der Waals surface area contributed by atoms with Crippen molar-refractivity contribution in [1.29, 1.82) is 0 Å². The van der Waals surface area contributed by atoms with E-state index in [9.17, 15) is 14.9 Å². The number of nitro groups is 1. The largest absolute Gasteiger partial charge is 0.462 e. The quantitative estimate of drug-likeness (QED) is 0.382. The number of carbonyl (C=O) groups is 1. The summed E-state index contributed by atoms with van der Waals surface area (Å²) in [7, 11) is 0. The molecule has 0 radical (unpaired) electrons. The first-order chi connectivity index (χ1) is 8.54. The van der Waals surface area contributed by atoms with Crippen LogP contribution < -0.4 is 5.73 Å². The summed E-state index contributed by atoms with van der Waals surface area (Å²) in [5.74, 6) is -0.319. The standard InChI is InChI=1S/C12H14N2O4/c1-2-18-12(15)8-5-9(7-3-4-7)11(13)10(6-8)14(16)17/h5-7H,2-4,13H2,1H3. The number of nitrogens with zero attached hydrogens (tertiary/aromatic N) is 1. The van der Waals surface area contributed by atoms with Gasteiger partial charge in [-0.25, -0.2) is 4.79 Å². The molecule has 0 amide bonds. The Morgan fingerprint density at radius 2 is 2.22 bits per heavy atom. The predicted octanol–water partition coefficient (Wildman–Crippen LogP) is 2.23. The minimum absolute atomic E-state index is 0.163. The topological polar surface area (TPSA) is 95.5 Å². The van der Waals surface area contributed by atoms with E-state index in [0.717, 1.165) is 12.8 Å². The second-order valence-corrected chi connectivity index (χ2v) is 4.25. The van der Waals surface area contributed by atoms with Crippen molar-refractivity contribution in [2.75, 3.05) is 12.3 Å². The van der Waals surface area contributed by atoms with E-state index >= 15 is 0 Å². The number of hydrogen-bond donors (Lipinski definition) is 1. The number of nitro benzene ring substituents is 1. The molecular weight excluding hydrogens is 236 g/mol. The second-order valence-electron chi connectivity index (χ2n) is 4.25. The summed E-state index contributed by atoms with van der Waals surface area (Å²) in [5, 5.41) is 10.9. The Balaban J connectivity index is 2.47. The Hall–Kier alpha value is -2.11. The minimum atomic E-state index is -0.566. The van der Waals surface area contributed by atoms with Gasteiger partial charge in [0.05, 0.1) is 17.1 Å². The molecule has 0 spiro atoms. The molecule has 2 rings (SSSR count). The van der Waals surface area contributed by atoms with Crippen molar-refractivity contribution < 1.29 is 14.5 Å². The molecule has 6 heteroatoms. The third kappa shape index (κ3) is 2.27. The zero-order chi connectivity index (χ0) is 13.3. The fourth-order valence-electron chi connectivity index (χ4n) is 1.88. The highest BCUT2D eigenvalue weighted by Crippen LogP contribution is 2.45. The van der Waals surface area contributed by atoms with Crippen molar-refractivity contribution in [2.24, 2.45) is 0 Å². The van der Waals surface area contributed by atoms with E-state index < -0.39 is 10.9 Å². The fourth-order valence-corrected chi connectivity index (χ4v) is 1.88. The van der Waals surface area contributed by atoms with Crippen LogP contribution in [0.15, 0.2) is 12.1 Å². The van der Waals surface area contributed by atoms with Gasteiger partial charge in [-0.2, -0.15) is 0 Å². The summed E-state index contributed by atoms with van der Waals surface area (Å²) in [6.07, 6.45) is 1.90. The van der Waals surface area contributed by atoms with Gasteiger partial charge in [-0.1, -0.05) is 0 Å². The molecule has 1 saturated carbocycles. The van der Waals surface area contributed by atoms with Crippen LogP contribution in [0.1, 0.15) is 41.6 Å². The molecule has 1 aliphatic carbocycles. The lowest BCUT2D eigenvalue weighted by Gasteiger charge is -2.08. The number of esters is 1. The Kier molecular flexibility index (Phi) is 3.18. The molecular formula is C12H14N2O4. The van der Waals surface area contributed by atoms with Crippen molar-refractivity contribution in [2.45, 2.75) is 25.7 Å². The van der Waals surface area contributed by atoms with Crippen LogP contribution in [0.3, 0.4) is 0 Å². The molecule has 0 bridgehead atoms. The SMILES string of the molecule is CCOC(=O)c1cc(C2CC2)c(N)c([N+](=O)[O-])c1. The van der Waals surface area contributed by atoms with Crippen LogP contribution >= 0.6 is 0 Å². The van der Waals surface area contributed by atoms with Gasteiger partial charge in [-0.15, -0.1) is 0 Å². The van der Waals surface area contributed by atoms with E-state index in [0.29, 0.717) is 5.56 Å². The summed E-state index contributed by atoms with van der Waals surface area (Å²) in [6.45, 7) is 1.92. The minimum Gasteiger partial charge on any atom is -0.462 e. The highest BCUT2D eigenvalue weighted by Gasteiger charge is 2.30. The number of ether oxygens (including phenoxy) is 1. The van der Waals surface area contributed by atoms with Gasteiger partial charge in [0.1, 0.15) is 5.69 Å². The van der Waals surface area contributed by atoms with Crippen molar-refractivity contribution in [3.63, 3.8) is 0 Å². The first-order valence-corrected chi connectivity index (χ1v) is 5.79. The second kappa shape index (κ2) is 4.64. The average molecular weight is 250 g/mol. The van der Waals surface area contributed by atoms with Crippen molar-refractivity contribution in [3.05, 3.63) is 33.4 Å². The van der Waals surface area contributed by atoms with Crippen LogP contribution in [0.4, 0.5) is 11.4 Å². The zero-order valence-electron chi connectivity index (χ0n) is 10.0. The molecule has 0 aromatic heterocycles. The Morgan fingerprint density at radius 3 is 2.72 bits per heavy atom. The number of benzene rings is 1. The molecule has 1 aromatic rings. The van der Waals surface area contributed by atoms with Crippen molar-refractivity contribution in [1.82, 2.24) is 0 Å². The van der Waals surface area contributed by atoms with Gasteiger partial charge >= 0.3 is 5.97 Å². The summed E-state index contributed by atoms with van der Waals surface area (Å²) in [6, 6.07) is 2.79. The zero-order valence-corrected chi connectivity index (χ0v) is 10.0. The molecule has 1 aliphatic rings. The van der Waals surface area contributed by atoms with Crippen molar-refractivity contribution >= 4 is 17.3 Å². The molecule has 0 atom stereocenters. The van der Waals surface area contributed by atoms with Gasteiger partial charge in [0.2, 0.25) is 0 Å². The molecule has 18 heavy (non-hydrogen) atoms. The van der Waals surface area contributed by atoms with E-state index in [1.807, 2.05) is 0 Å². The monoisotopic (exact) mass is 250 g/mol. The summed E-state index contributed by atoms with van der Waals surface area (Å²) in [4.78, 5) is 22.0. The van der Waals surface area contributed by atoms with Gasteiger partial charge in [-0.05, 0) is 37.3 Å². The molecule has 1 aromatic carbocycles. The lowest BCUT2D eigenvalue weighted by molar-refractivity contribution is -0.384. The molecule has 96 valence electrons. The van der Waals surface area contributed by atoms with Gasteiger partial charge in [0.25, 0.3) is 5.69 Å². The Morgan fingerprint density at radius 1 is 1.56 bits per heavy atom. The van der Waals surface area contributed by atoms with Crippen molar-refractivity contribution in [3.8, 4) is 0 Å². The fraction of sp³-hybridized carbons (Fsp3) is 0.417. The third-order valence-electron chi connectivity index (χ3n) is 2.92. The Labute approximate surface area is 104 Å². The summed E-state index contributed by atoms with van der Waals surface area (Å²) < 4.78 is 4.86. The van der Waals surface area contributed by atoms with E-state index in [-0.39, 0.29) is 29.5 Å². The van der Waals surface area contributed by atoms with Crippen LogP contribution in [0, 0.1) is 10.1 Å².